The Labute approximate surface area is 116 Å². The number of amides is 2. The summed E-state index contributed by atoms with van der Waals surface area (Å²) in [6.45, 7) is 9.40. The zero-order chi connectivity index (χ0) is 14.9. The van der Waals surface area contributed by atoms with E-state index in [1.54, 1.807) is 4.90 Å². The van der Waals surface area contributed by atoms with Gasteiger partial charge in [0.1, 0.15) is 0 Å². The molecule has 0 aromatic carbocycles. The fraction of sp³-hybridized carbons (Fsp3) is 0.857. The molecule has 2 N–H and O–H groups in total. The van der Waals surface area contributed by atoms with Gasteiger partial charge in [-0.25, -0.2) is 0 Å². The van der Waals surface area contributed by atoms with Gasteiger partial charge >= 0.3 is 0 Å². The fourth-order valence-corrected chi connectivity index (χ4v) is 1.59. The second kappa shape index (κ2) is 8.91. The number of aliphatic hydroxyl groups is 1. The van der Waals surface area contributed by atoms with Gasteiger partial charge in [0.2, 0.25) is 11.8 Å². The Morgan fingerprint density at radius 3 is 2.32 bits per heavy atom. The SMILES string of the molecule is CCN(CCCO)C(=O)CCCNC(=O)C(C)(C)C. The Kier molecular flexibility index (Phi) is 8.39. The van der Waals surface area contributed by atoms with Crippen LogP contribution in [0.3, 0.4) is 0 Å². The molecule has 0 spiro atoms. The lowest BCUT2D eigenvalue weighted by Gasteiger charge is -2.21. The van der Waals surface area contributed by atoms with Crippen molar-refractivity contribution < 1.29 is 14.7 Å². The van der Waals surface area contributed by atoms with E-state index < -0.39 is 0 Å². The van der Waals surface area contributed by atoms with Gasteiger partial charge in [-0.15, -0.1) is 0 Å². The summed E-state index contributed by atoms with van der Waals surface area (Å²) < 4.78 is 0. The van der Waals surface area contributed by atoms with E-state index in [1.165, 1.54) is 0 Å². The van der Waals surface area contributed by atoms with Gasteiger partial charge in [0.05, 0.1) is 0 Å². The van der Waals surface area contributed by atoms with Crippen molar-refractivity contribution in [3.8, 4) is 0 Å². The van der Waals surface area contributed by atoms with Crippen molar-refractivity contribution >= 4 is 11.8 Å². The normalized spacial score (nSPS) is 11.2. The maximum absolute atomic E-state index is 11.9. The molecule has 2 amide bonds. The number of nitrogens with one attached hydrogen (secondary N) is 1. The van der Waals surface area contributed by atoms with Gasteiger partial charge in [0.15, 0.2) is 0 Å². The zero-order valence-corrected chi connectivity index (χ0v) is 12.7. The summed E-state index contributed by atoms with van der Waals surface area (Å²) >= 11 is 0. The predicted octanol–water partition coefficient (Wildman–Crippen LogP) is 1.16. The minimum absolute atomic E-state index is 0.00702. The zero-order valence-electron chi connectivity index (χ0n) is 12.7. The fourth-order valence-electron chi connectivity index (χ4n) is 1.59. The van der Waals surface area contributed by atoms with Crippen LogP contribution in [-0.4, -0.2) is 48.1 Å². The lowest BCUT2D eigenvalue weighted by Crippen LogP contribution is -2.36. The van der Waals surface area contributed by atoms with Crippen molar-refractivity contribution in [2.75, 3.05) is 26.2 Å². The predicted molar refractivity (Wildman–Crippen MR) is 75.7 cm³/mol. The van der Waals surface area contributed by atoms with E-state index in [1.807, 2.05) is 27.7 Å². The first kappa shape index (κ1) is 17.9. The summed E-state index contributed by atoms with van der Waals surface area (Å²) in [7, 11) is 0. The summed E-state index contributed by atoms with van der Waals surface area (Å²) in [6.07, 6.45) is 1.69. The van der Waals surface area contributed by atoms with E-state index >= 15 is 0 Å². The molecule has 0 aliphatic rings. The molecule has 112 valence electrons. The Morgan fingerprint density at radius 2 is 1.84 bits per heavy atom. The molecule has 0 unspecified atom stereocenters. The summed E-state index contributed by atoms with van der Waals surface area (Å²) in [6, 6.07) is 0. The molecule has 0 radical (unpaired) electrons. The number of aliphatic hydroxyl groups excluding tert-OH is 1. The van der Waals surface area contributed by atoms with Crippen molar-refractivity contribution in [3.05, 3.63) is 0 Å². The second-order valence-electron chi connectivity index (χ2n) is 5.66. The second-order valence-corrected chi connectivity index (χ2v) is 5.66. The van der Waals surface area contributed by atoms with Crippen LogP contribution in [0.1, 0.15) is 47.0 Å². The van der Waals surface area contributed by atoms with Crippen LogP contribution in [-0.2, 0) is 9.59 Å². The van der Waals surface area contributed by atoms with Crippen LogP contribution in [0.2, 0.25) is 0 Å². The van der Waals surface area contributed by atoms with Crippen LogP contribution in [0, 0.1) is 5.41 Å². The van der Waals surface area contributed by atoms with Gasteiger partial charge in [-0.3, -0.25) is 9.59 Å². The van der Waals surface area contributed by atoms with Crippen LogP contribution >= 0.6 is 0 Å². The van der Waals surface area contributed by atoms with Crippen LogP contribution in [0.25, 0.3) is 0 Å². The van der Waals surface area contributed by atoms with Gasteiger partial charge in [0.25, 0.3) is 0 Å². The van der Waals surface area contributed by atoms with Crippen molar-refractivity contribution in [2.45, 2.75) is 47.0 Å². The number of hydrogen-bond acceptors (Lipinski definition) is 3. The molecule has 0 bridgehead atoms. The highest BCUT2D eigenvalue weighted by Crippen LogP contribution is 2.12. The third kappa shape index (κ3) is 7.82. The van der Waals surface area contributed by atoms with Gasteiger partial charge in [-0.1, -0.05) is 20.8 Å². The number of carbonyl (C=O) groups excluding carboxylic acids is 2. The number of rotatable bonds is 8. The van der Waals surface area contributed by atoms with Crippen LogP contribution < -0.4 is 5.32 Å². The highest BCUT2D eigenvalue weighted by Gasteiger charge is 2.20. The minimum Gasteiger partial charge on any atom is -0.396 e. The van der Waals surface area contributed by atoms with E-state index in [-0.39, 0.29) is 23.8 Å². The van der Waals surface area contributed by atoms with Crippen LogP contribution in [0.5, 0.6) is 0 Å². The van der Waals surface area contributed by atoms with E-state index in [0.29, 0.717) is 38.9 Å². The lowest BCUT2D eigenvalue weighted by molar-refractivity contribution is -0.132. The molecule has 0 aromatic heterocycles. The van der Waals surface area contributed by atoms with E-state index in [9.17, 15) is 9.59 Å². The molecule has 0 aliphatic heterocycles. The van der Waals surface area contributed by atoms with Crippen LogP contribution in [0.15, 0.2) is 0 Å². The smallest absolute Gasteiger partial charge is 0.225 e. The van der Waals surface area contributed by atoms with Crippen LogP contribution in [0.4, 0.5) is 0 Å². The molecule has 0 fully saturated rings. The monoisotopic (exact) mass is 272 g/mol. The highest BCUT2D eigenvalue weighted by molar-refractivity contribution is 5.81. The number of nitrogens with zero attached hydrogens (tertiary/aromatic N) is 1. The van der Waals surface area contributed by atoms with Crippen molar-refractivity contribution in [1.82, 2.24) is 10.2 Å². The Hall–Kier alpha value is -1.10. The molecule has 0 saturated heterocycles. The molecule has 5 heteroatoms. The molecule has 0 aromatic rings. The molecule has 5 nitrogen and oxygen atoms in total. The number of hydrogen-bond donors (Lipinski definition) is 2. The molecule has 0 atom stereocenters. The summed E-state index contributed by atoms with van der Waals surface area (Å²) in [5, 5.41) is 11.6. The summed E-state index contributed by atoms with van der Waals surface area (Å²) in [5.74, 6) is 0.0912. The van der Waals surface area contributed by atoms with Crippen molar-refractivity contribution in [2.24, 2.45) is 5.41 Å². The van der Waals surface area contributed by atoms with E-state index in [2.05, 4.69) is 5.32 Å². The maximum Gasteiger partial charge on any atom is 0.225 e. The molecule has 0 rings (SSSR count). The Bertz CT molecular complexity index is 285. The van der Waals surface area contributed by atoms with Gasteiger partial charge < -0.3 is 15.3 Å². The quantitative estimate of drug-likeness (QED) is 0.651. The van der Waals surface area contributed by atoms with Crippen molar-refractivity contribution in [3.63, 3.8) is 0 Å². The molecule has 0 saturated carbocycles. The molecule has 0 aliphatic carbocycles. The topological polar surface area (TPSA) is 69.6 Å². The largest absolute Gasteiger partial charge is 0.396 e. The standard InChI is InChI=1S/C14H28N2O3/c1-5-16(10-7-11-17)12(18)8-6-9-15-13(19)14(2,3)4/h17H,5-11H2,1-4H3,(H,15,19). The summed E-state index contributed by atoms with van der Waals surface area (Å²) in [4.78, 5) is 25.2. The first-order chi connectivity index (χ1) is 8.82. The Morgan fingerprint density at radius 1 is 1.21 bits per heavy atom. The van der Waals surface area contributed by atoms with Gasteiger partial charge in [-0.2, -0.15) is 0 Å². The average molecular weight is 272 g/mol. The van der Waals surface area contributed by atoms with E-state index in [4.69, 9.17) is 5.11 Å². The van der Waals surface area contributed by atoms with Crippen molar-refractivity contribution in [1.29, 1.82) is 0 Å². The lowest BCUT2D eigenvalue weighted by atomic mass is 9.96. The maximum atomic E-state index is 11.9. The summed E-state index contributed by atoms with van der Waals surface area (Å²) in [5.41, 5.74) is -0.388. The number of carbonyl (C=O) groups is 2. The van der Waals surface area contributed by atoms with Gasteiger partial charge in [0, 0.05) is 38.1 Å². The Balaban J connectivity index is 3.87. The molecule has 19 heavy (non-hydrogen) atoms. The molecular formula is C14H28N2O3. The molecular weight excluding hydrogens is 244 g/mol. The first-order valence-corrected chi connectivity index (χ1v) is 6.99. The third-order valence-electron chi connectivity index (χ3n) is 2.85. The third-order valence-corrected chi connectivity index (χ3v) is 2.85. The van der Waals surface area contributed by atoms with E-state index in [0.717, 1.165) is 0 Å². The van der Waals surface area contributed by atoms with Gasteiger partial charge in [-0.05, 0) is 19.8 Å². The molecule has 0 heterocycles. The average Bonchev–Trinajstić information content (AvgIpc) is 2.34. The first-order valence-electron chi connectivity index (χ1n) is 6.99. The highest BCUT2D eigenvalue weighted by atomic mass is 16.3. The minimum atomic E-state index is -0.388.